The molecule has 0 amide bonds. The number of ether oxygens (including phenoxy) is 3. The van der Waals surface area contributed by atoms with Crippen LogP contribution in [0.3, 0.4) is 0 Å². The molecular formula is C17H16F2N2O9. The quantitative estimate of drug-likeness (QED) is 0.397. The van der Waals surface area contributed by atoms with Crippen LogP contribution in [0.25, 0.3) is 0 Å². The van der Waals surface area contributed by atoms with Crippen molar-refractivity contribution in [1.29, 1.82) is 0 Å². The van der Waals surface area contributed by atoms with Crippen molar-refractivity contribution >= 4 is 17.3 Å². The van der Waals surface area contributed by atoms with E-state index in [9.17, 15) is 33.8 Å². The average molecular weight is 430 g/mol. The molecule has 1 unspecified atom stereocenters. The second-order valence-electron chi connectivity index (χ2n) is 5.35. The molecule has 13 heteroatoms. The highest BCUT2D eigenvalue weighted by Gasteiger charge is 2.23. The number of rotatable bonds is 7. The van der Waals surface area contributed by atoms with E-state index in [4.69, 9.17) is 14.6 Å². The maximum Gasteiger partial charge on any atom is 0.349 e. The second kappa shape index (κ2) is 11.2. The molecule has 0 bridgehead atoms. The van der Waals surface area contributed by atoms with Crippen LogP contribution < -0.4 is 4.74 Å². The van der Waals surface area contributed by atoms with E-state index in [-0.39, 0.29) is 18.1 Å². The Balaban J connectivity index is 0.000000346. The van der Waals surface area contributed by atoms with Crippen molar-refractivity contribution in [1.82, 2.24) is 0 Å². The third kappa shape index (κ3) is 6.94. The SMILES string of the molecule is COCC(Oc1ccc(F)c([N+](=O)[O-])c1)C(=O)OC.O=[N+]([O-])c1cc(O)ccc1F. The molecule has 0 fully saturated rings. The van der Waals surface area contributed by atoms with Crippen LogP contribution in [0.5, 0.6) is 11.5 Å². The largest absolute Gasteiger partial charge is 0.508 e. The summed E-state index contributed by atoms with van der Waals surface area (Å²) in [7, 11) is 2.52. The van der Waals surface area contributed by atoms with Crippen LogP contribution in [-0.4, -0.2) is 47.9 Å². The normalized spacial score (nSPS) is 10.9. The molecule has 162 valence electrons. The van der Waals surface area contributed by atoms with Gasteiger partial charge in [-0.25, -0.2) is 4.79 Å². The molecular weight excluding hydrogens is 414 g/mol. The first-order valence-electron chi connectivity index (χ1n) is 7.91. The highest BCUT2D eigenvalue weighted by molar-refractivity contribution is 5.75. The molecule has 2 aromatic rings. The molecule has 0 saturated carbocycles. The summed E-state index contributed by atoms with van der Waals surface area (Å²) < 4.78 is 40.0. The van der Waals surface area contributed by atoms with Crippen LogP contribution >= 0.6 is 0 Å². The number of hydrogen-bond acceptors (Lipinski definition) is 9. The number of phenols is 1. The van der Waals surface area contributed by atoms with Crippen molar-refractivity contribution in [2.45, 2.75) is 6.10 Å². The molecule has 0 spiro atoms. The van der Waals surface area contributed by atoms with Crippen LogP contribution in [0.4, 0.5) is 20.2 Å². The molecule has 0 heterocycles. The number of nitro groups is 2. The molecule has 1 atom stereocenters. The monoisotopic (exact) mass is 430 g/mol. The summed E-state index contributed by atoms with van der Waals surface area (Å²) in [6.45, 7) is -0.0994. The topological polar surface area (TPSA) is 151 Å². The molecule has 0 aliphatic carbocycles. The van der Waals surface area contributed by atoms with Gasteiger partial charge in [-0.2, -0.15) is 8.78 Å². The highest BCUT2D eigenvalue weighted by atomic mass is 19.1. The molecule has 0 saturated heterocycles. The standard InChI is InChI=1S/C11H12FNO6.C6H4FNO3/c1-17-6-10(11(14)18-2)19-7-3-4-8(12)9(5-7)13(15)16;7-5-2-1-4(9)3-6(5)8(10)11/h3-5,10H,6H2,1-2H3;1-3,9H. The summed E-state index contributed by atoms with van der Waals surface area (Å²) in [4.78, 5) is 30.2. The minimum absolute atomic E-state index is 0.0273. The predicted molar refractivity (Wildman–Crippen MR) is 96.1 cm³/mol. The summed E-state index contributed by atoms with van der Waals surface area (Å²) >= 11 is 0. The van der Waals surface area contributed by atoms with Crippen LogP contribution in [0.1, 0.15) is 0 Å². The maximum absolute atomic E-state index is 13.1. The number of benzene rings is 2. The van der Waals surface area contributed by atoms with Gasteiger partial charge in [-0.3, -0.25) is 20.2 Å². The van der Waals surface area contributed by atoms with E-state index in [2.05, 4.69) is 4.74 Å². The Morgan fingerprint density at radius 1 is 1.03 bits per heavy atom. The number of nitrogens with zero attached hydrogens (tertiary/aromatic N) is 2. The zero-order valence-electron chi connectivity index (χ0n) is 15.6. The van der Waals surface area contributed by atoms with E-state index in [1.165, 1.54) is 20.3 Å². The van der Waals surface area contributed by atoms with Crippen LogP contribution in [0.2, 0.25) is 0 Å². The summed E-state index contributed by atoms with van der Waals surface area (Å²) in [5.41, 5.74) is -1.46. The van der Waals surface area contributed by atoms with E-state index in [0.717, 1.165) is 30.3 Å². The summed E-state index contributed by atoms with van der Waals surface area (Å²) in [5.74, 6) is -2.99. The lowest BCUT2D eigenvalue weighted by Crippen LogP contribution is -2.33. The van der Waals surface area contributed by atoms with Crippen molar-refractivity contribution in [2.24, 2.45) is 0 Å². The fraction of sp³-hybridized carbons (Fsp3) is 0.235. The molecule has 2 rings (SSSR count). The molecule has 0 radical (unpaired) electrons. The number of nitro benzene ring substituents is 2. The summed E-state index contributed by atoms with van der Waals surface area (Å²) in [5, 5.41) is 29.3. The number of carbonyl (C=O) groups excluding carboxylic acids is 1. The minimum atomic E-state index is -1.08. The maximum atomic E-state index is 13.1. The fourth-order valence-electron chi connectivity index (χ4n) is 1.94. The fourth-order valence-corrected chi connectivity index (χ4v) is 1.94. The van der Waals surface area contributed by atoms with Crippen LogP contribution in [0.15, 0.2) is 36.4 Å². The highest BCUT2D eigenvalue weighted by Crippen LogP contribution is 2.24. The van der Waals surface area contributed by atoms with Gasteiger partial charge in [0, 0.05) is 7.11 Å². The van der Waals surface area contributed by atoms with Gasteiger partial charge in [0.2, 0.25) is 17.7 Å². The number of hydrogen-bond donors (Lipinski definition) is 1. The van der Waals surface area contributed by atoms with Crippen molar-refractivity contribution in [2.75, 3.05) is 20.8 Å². The number of aromatic hydroxyl groups is 1. The van der Waals surface area contributed by atoms with Crippen LogP contribution in [-0.2, 0) is 14.3 Å². The lowest BCUT2D eigenvalue weighted by molar-refractivity contribution is -0.387. The number of esters is 1. The molecule has 0 aliphatic heterocycles. The molecule has 1 N–H and O–H groups in total. The summed E-state index contributed by atoms with van der Waals surface area (Å²) in [6, 6.07) is 5.59. The van der Waals surface area contributed by atoms with Gasteiger partial charge < -0.3 is 19.3 Å². The van der Waals surface area contributed by atoms with Gasteiger partial charge >= 0.3 is 17.3 Å². The minimum Gasteiger partial charge on any atom is -0.508 e. The smallest absolute Gasteiger partial charge is 0.349 e. The molecule has 0 aromatic heterocycles. The Labute approximate surface area is 167 Å². The Bertz CT molecular complexity index is 924. The van der Waals surface area contributed by atoms with Gasteiger partial charge in [-0.05, 0) is 24.3 Å². The van der Waals surface area contributed by atoms with Crippen LogP contribution in [0, 0.1) is 31.9 Å². The molecule has 11 nitrogen and oxygen atoms in total. The summed E-state index contributed by atoms with van der Waals surface area (Å²) in [6.07, 6.45) is -1.08. The van der Waals surface area contributed by atoms with Gasteiger partial charge in [-0.1, -0.05) is 0 Å². The average Bonchev–Trinajstić information content (AvgIpc) is 2.70. The molecule has 0 aliphatic rings. The van der Waals surface area contributed by atoms with Gasteiger partial charge in [0.05, 0.1) is 35.7 Å². The van der Waals surface area contributed by atoms with Crippen molar-refractivity contribution in [3.05, 3.63) is 68.3 Å². The van der Waals surface area contributed by atoms with Gasteiger partial charge in [0.25, 0.3) is 0 Å². The first kappa shape index (κ1) is 24.2. The zero-order valence-corrected chi connectivity index (χ0v) is 15.6. The Hall–Kier alpha value is -3.87. The second-order valence-corrected chi connectivity index (χ2v) is 5.35. The van der Waals surface area contributed by atoms with E-state index in [1.807, 2.05) is 0 Å². The Morgan fingerprint density at radius 2 is 1.57 bits per heavy atom. The number of carbonyl (C=O) groups is 1. The van der Waals surface area contributed by atoms with Gasteiger partial charge in [-0.15, -0.1) is 0 Å². The Morgan fingerprint density at radius 3 is 2.03 bits per heavy atom. The van der Waals surface area contributed by atoms with E-state index >= 15 is 0 Å². The number of halogens is 2. The third-order valence-electron chi connectivity index (χ3n) is 3.30. The first-order valence-corrected chi connectivity index (χ1v) is 7.91. The van der Waals surface area contributed by atoms with Gasteiger partial charge in [0.1, 0.15) is 11.5 Å². The predicted octanol–water partition coefficient (Wildman–Crippen LogP) is 2.74. The Kier molecular flexibility index (Phi) is 9.03. The lowest BCUT2D eigenvalue weighted by Gasteiger charge is -2.15. The number of phenolic OH excluding ortho intramolecular Hbond substituents is 1. The van der Waals surface area contributed by atoms with Gasteiger partial charge in [0.15, 0.2) is 0 Å². The van der Waals surface area contributed by atoms with Crippen molar-refractivity contribution < 1.29 is 42.7 Å². The molecule has 30 heavy (non-hydrogen) atoms. The lowest BCUT2D eigenvalue weighted by atomic mass is 10.3. The van der Waals surface area contributed by atoms with Crippen molar-refractivity contribution in [3.63, 3.8) is 0 Å². The van der Waals surface area contributed by atoms with E-state index in [0.29, 0.717) is 0 Å². The third-order valence-corrected chi connectivity index (χ3v) is 3.30. The molecule has 2 aromatic carbocycles. The first-order chi connectivity index (χ1) is 14.1. The van der Waals surface area contributed by atoms with E-state index in [1.54, 1.807) is 0 Å². The van der Waals surface area contributed by atoms with Crippen molar-refractivity contribution in [3.8, 4) is 11.5 Å². The zero-order chi connectivity index (χ0) is 22.8. The number of methoxy groups -OCH3 is 2. The van der Waals surface area contributed by atoms with E-state index < -0.39 is 44.9 Å².